The lowest BCUT2D eigenvalue weighted by atomic mass is 9.78. The van der Waals surface area contributed by atoms with Gasteiger partial charge in [-0.05, 0) is 57.9 Å². The molecular weight excluding hydrogens is 306 g/mol. The quantitative estimate of drug-likeness (QED) is 0.606. The zero-order valence-electron chi connectivity index (χ0n) is 17.1. The Kier molecular flexibility index (Phi) is 7.27. The van der Waals surface area contributed by atoms with Crippen molar-refractivity contribution in [2.75, 3.05) is 19.7 Å². The Morgan fingerprint density at radius 3 is 2.32 bits per heavy atom. The third-order valence-electron chi connectivity index (χ3n) is 5.43. The van der Waals surface area contributed by atoms with Gasteiger partial charge in [0, 0.05) is 25.7 Å². The summed E-state index contributed by atoms with van der Waals surface area (Å²) in [4.78, 5) is 2.67. The minimum Gasteiger partial charge on any atom is -0.378 e. The fourth-order valence-electron chi connectivity index (χ4n) is 3.93. The van der Waals surface area contributed by atoms with Crippen molar-refractivity contribution in [1.29, 1.82) is 0 Å². The van der Waals surface area contributed by atoms with Gasteiger partial charge < -0.3 is 4.74 Å². The summed E-state index contributed by atoms with van der Waals surface area (Å²) in [5.74, 6) is 0. The highest BCUT2D eigenvalue weighted by atomic mass is 16.5. The van der Waals surface area contributed by atoms with Crippen LogP contribution in [-0.2, 0) is 10.2 Å². The number of ether oxygens (including phenoxy) is 1. The van der Waals surface area contributed by atoms with Crippen LogP contribution in [0.3, 0.4) is 0 Å². The highest BCUT2D eigenvalue weighted by molar-refractivity contribution is 5.28. The van der Waals surface area contributed by atoms with E-state index in [0.29, 0.717) is 12.1 Å². The van der Waals surface area contributed by atoms with Crippen LogP contribution in [0, 0.1) is 6.92 Å². The summed E-state index contributed by atoms with van der Waals surface area (Å²) >= 11 is 0. The van der Waals surface area contributed by atoms with Crippen LogP contribution in [0.4, 0.5) is 0 Å². The lowest BCUT2D eigenvalue weighted by Gasteiger charge is -2.40. The average Bonchev–Trinajstić information content (AvgIpc) is 2.55. The summed E-state index contributed by atoms with van der Waals surface area (Å²) in [6.45, 7) is 16.6. The fourth-order valence-corrected chi connectivity index (χ4v) is 3.93. The summed E-state index contributed by atoms with van der Waals surface area (Å²) in [5, 5.41) is 0. The first-order chi connectivity index (χ1) is 11.8. The molecule has 1 aromatic carbocycles. The Morgan fingerprint density at radius 2 is 1.80 bits per heavy atom. The molecule has 25 heavy (non-hydrogen) atoms. The molecule has 0 aromatic heterocycles. The van der Waals surface area contributed by atoms with E-state index < -0.39 is 0 Å². The van der Waals surface area contributed by atoms with Crippen LogP contribution >= 0.6 is 0 Å². The zero-order chi connectivity index (χ0) is 18.4. The Bertz CT molecular complexity index is 546. The number of benzene rings is 1. The summed E-state index contributed by atoms with van der Waals surface area (Å²) in [6, 6.07) is 9.58. The summed E-state index contributed by atoms with van der Waals surface area (Å²) in [7, 11) is 0. The number of nitrogens with zero attached hydrogens (tertiary/aromatic N) is 1. The lowest BCUT2D eigenvalue weighted by molar-refractivity contribution is 0.00616. The standard InChI is InChI=1S/C23H37NO/c1-7-25-22-12-14-24(15-13-22)21(16-18(2)3)17-23(5,6)20-10-8-19(4)9-11-20/h8-11,16,21-22H,7,12-15,17H2,1-6H3. The molecule has 0 spiro atoms. The Balaban J connectivity index is 2.10. The van der Waals surface area contributed by atoms with Crippen LogP contribution in [-0.4, -0.2) is 36.7 Å². The van der Waals surface area contributed by atoms with Gasteiger partial charge in [0.1, 0.15) is 0 Å². The van der Waals surface area contributed by atoms with E-state index in [1.807, 2.05) is 0 Å². The summed E-state index contributed by atoms with van der Waals surface area (Å²) in [5.41, 5.74) is 4.35. The van der Waals surface area contributed by atoms with Crippen molar-refractivity contribution in [3.8, 4) is 0 Å². The molecule has 140 valence electrons. The van der Waals surface area contributed by atoms with Crippen LogP contribution in [0.25, 0.3) is 0 Å². The number of hydrogen-bond acceptors (Lipinski definition) is 2. The van der Waals surface area contributed by atoms with E-state index in [0.717, 1.165) is 39.0 Å². The van der Waals surface area contributed by atoms with Crippen molar-refractivity contribution in [2.45, 2.75) is 78.4 Å². The Morgan fingerprint density at radius 1 is 1.20 bits per heavy atom. The number of hydrogen-bond donors (Lipinski definition) is 0. The number of aryl methyl sites for hydroxylation is 1. The molecule has 1 atom stereocenters. The third-order valence-corrected chi connectivity index (χ3v) is 5.43. The molecule has 1 aliphatic rings. The molecule has 2 rings (SSSR count). The zero-order valence-corrected chi connectivity index (χ0v) is 17.1. The van der Waals surface area contributed by atoms with Gasteiger partial charge >= 0.3 is 0 Å². The maximum atomic E-state index is 5.83. The summed E-state index contributed by atoms with van der Waals surface area (Å²) < 4.78 is 5.83. The van der Waals surface area contributed by atoms with Crippen molar-refractivity contribution in [2.24, 2.45) is 0 Å². The minimum absolute atomic E-state index is 0.168. The van der Waals surface area contributed by atoms with Gasteiger partial charge in [-0.15, -0.1) is 0 Å². The molecule has 1 aliphatic heterocycles. The highest BCUT2D eigenvalue weighted by Gasteiger charge is 2.30. The molecular formula is C23H37NO. The van der Waals surface area contributed by atoms with Gasteiger partial charge in [0.05, 0.1) is 6.10 Å². The second-order valence-electron chi connectivity index (χ2n) is 8.46. The van der Waals surface area contributed by atoms with Crippen LogP contribution in [0.15, 0.2) is 35.9 Å². The molecule has 0 bridgehead atoms. The Labute approximate surface area is 155 Å². The second kappa shape index (κ2) is 9.00. The fraction of sp³-hybridized carbons (Fsp3) is 0.652. The molecule has 0 saturated carbocycles. The van der Waals surface area contributed by atoms with Crippen LogP contribution in [0.5, 0.6) is 0 Å². The largest absolute Gasteiger partial charge is 0.378 e. The molecule has 2 nitrogen and oxygen atoms in total. The van der Waals surface area contributed by atoms with E-state index in [1.165, 1.54) is 16.7 Å². The number of likely N-dealkylation sites (tertiary alicyclic amines) is 1. The van der Waals surface area contributed by atoms with Gasteiger partial charge in [0.25, 0.3) is 0 Å². The summed E-state index contributed by atoms with van der Waals surface area (Å²) in [6.07, 6.45) is 6.40. The SMILES string of the molecule is CCOC1CCN(C(C=C(C)C)CC(C)(C)c2ccc(C)cc2)CC1. The molecule has 0 N–H and O–H groups in total. The van der Waals surface area contributed by atoms with Crippen molar-refractivity contribution in [3.05, 3.63) is 47.0 Å². The highest BCUT2D eigenvalue weighted by Crippen LogP contribution is 2.32. The van der Waals surface area contributed by atoms with Gasteiger partial charge in [0.15, 0.2) is 0 Å². The molecule has 1 saturated heterocycles. The molecule has 0 aliphatic carbocycles. The van der Waals surface area contributed by atoms with Gasteiger partial charge in [-0.1, -0.05) is 55.3 Å². The molecule has 1 aromatic rings. The molecule has 1 heterocycles. The van der Waals surface area contributed by atoms with Gasteiger partial charge in [0.2, 0.25) is 0 Å². The molecule has 0 radical (unpaired) electrons. The van der Waals surface area contributed by atoms with Gasteiger partial charge in [-0.25, -0.2) is 0 Å². The maximum absolute atomic E-state index is 5.83. The van der Waals surface area contributed by atoms with E-state index >= 15 is 0 Å². The normalized spacial score (nSPS) is 18.2. The molecule has 1 unspecified atom stereocenters. The Hall–Kier alpha value is -1.12. The monoisotopic (exact) mass is 343 g/mol. The molecule has 2 heteroatoms. The number of rotatable bonds is 7. The molecule has 0 amide bonds. The molecule has 1 fully saturated rings. The average molecular weight is 344 g/mol. The number of allylic oxidation sites excluding steroid dienone is 1. The second-order valence-corrected chi connectivity index (χ2v) is 8.46. The van der Waals surface area contributed by atoms with Crippen LogP contribution < -0.4 is 0 Å². The van der Waals surface area contributed by atoms with Crippen molar-refractivity contribution in [3.63, 3.8) is 0 Å². The van der Waals surface area contributed by atoms with Crippen LogP contribution in [0.1, 0.15) is 65.0 Å². The van der Waals surface area contributed by atoms with Crippen molar-refractivity contribution in [1.82, 2.24) is 4.90 Å². The van der Waals surface area contributed by atoms with E-state index in [2.05, 4.69) is 76.8 Å². The first kappa shape index (κ1) is 20.2. The first-order valence-corrected chi connectivity index (χ1v) is 9.89. The van der Waals surface area contributed by atoms with E-state index in [4.69, 9.17) is 4.74 Å². The van der Waals surface area contributed by atoms with E-state index in [9.17, 15) is 0 Å². The first-order valence-electron chi connectivity index (χ1n) is 9.89. The van der Waals surface area contributed by atoms with Gasteiger partial charge in [-0.2, -0.15) is 0 Å². The lowest BCUT2D eigenvalue weighted by Crippen LogP contribution is -2.45. The maximum Gasteiger partial charge on any atom is 0.0599 e. The van der Waals surface area contributed by atoms with Crippen molar-refractivity contribution >= 4 is 0 Å². The smallest absolute Gasteiger partial charge is 0.0599 e. The van der Waals surface area contributed by atoms with Crippen LogP contribution in [0.2, 0.25) is 0 Å². The minimum atomic E-state index is 0.168. The third kappa shape index (κ3) is 5.97. The predicted octanol–water partition coefficient (Wildman–Crippen LogP) is 5.50. The van der Waals surface area contributed by atoms with Crippen molar-refractivity contribution < 1.29 is 4.74 Å². The number of piperidine rings is 1. The topological polar surface area (TPSA) is 12.5 Å². The van der Waals surface area contributed by atoms with Gasteiger partial charge in [-0.3, -0.25) is 4.90 Å². The van der Waals surface area contributed by atoms with E-state index in [-0.39, 0.29) is 5.41 Å². The predicted molar refractivity (Wildman–Crippen MR) is 108 cm³/mol. The van der Waals surface area contributed by atoms with E-state index in [1.54, 1.807) is 0 Å².